The van der Waals surface area contributed by atoms with Crippen molar-refractivity contribution in [2.45, 2.75) is 12.2 Å². The third-order valence-electron chi connectivity index (χ3n) is 2.64. The lowest BCUT2D eigenvalue weighted by Gasteiger charge is -2.15. The van der Waals surface area contributed by atoms with Crippen molar-refractivity contribution in [2.75, 3.05) is 18.8 Å². The molecule has 1 fully saturated rings. The maximum Gasteiger partial charge on any atom is 0.257 e. The van der Waals surface area contributed by atoms with E-state index in [1.165, 1.54) is 17.2 Å². The van der Waals surface area contributed by atoms with Crippen LogP contribution in [0.3, 0.4) is 0 Å². The molecule has 6 nitrogen and oxygen atoms in total. The number of hydrogen-bond acceptors (Lipinski definition) is 5. The fraction of sp³-hybridized carbons (Fsp3) is 0.400. The standard InChI is InChI=1S/C10H12ClN3O3/c11-9-6(1-5(12)2-13-9)10(17)14-3-7(15)8(16)4-14/h1-2,7-8,15-16H,3-4,12H2. The summed E-state index contributed by atoms with van der Waals surface area (Å²) in [4.78, 5) is 17.1. The molecule has 7 heteroatoms. The van der Waals surface area contributed by atoms with E-state index in [2.05, 4.69) is 4.98 Å². The molecular weight excluding hydrogens is 246 g/mol. The fourth-order valence-corrected chi connectivity index (χ4v) is 1.90. The summed E-state index contributed by atoms with van der Waals surface area (Å²) in [7, 11) is 0. The molecule has 2 unspecified atom stereocenters. The molecule has 0 aliphatic carbocycles. The predicted molar refractivity (Wildman–Crippen MR) is 61.6 cm³/mol. The molecule has 1 amide bonds. The van der Waals surface area contributed by atoms with Crippen LogP contribution in [0, 0.1) is 0 Å². The molecule has 0 radical (unpaired) electrons. The van der Waals surface area contributed by atoms with Gasteiger partial charge in [0.05, 0.1) is 29.7 Å². The number of likely N-dealkylation sites (tertiary alicyclic amines) is 1. The molecule has 4 N–H and O–H groups in total. The Labute approximate surface area is 103 Å². The fourth-order valence-electron chi connectivity index (χ4n) is 1.72. The van der Waals surface area contributed by atoms with Crippen molar-refractivity contribution in [3.63, 3.8) is 0 Å². The first-order valence-corrected chi connectivity index (χ1v) is 5.43. The molecule has 92 valence electrons. The highest BCUT2D eigenvalue weighted by Crippen LogP contribution is 2.20. The number of nitrogens with two attached hydrogens (primary N) is 1. The van der Waals surface area contributed by atoms with Crippen LogP contribution in [0.4, 0.5) is 5.69 Å². The number of β-amino-alcohol motifs (C(OH)–C–C–N with tert-alkyl or cyclic N) is 2. The first kappa shape index (κ1) is 12.1. The lowest BCUT2D eigenvalue weighted by molar-refractivity contribution is 0.0572. The normalized spacial score (nSPS) is 24.1. The minimum Gasteiger partial charge on any atom is -0.397 e. The van der Waals surface area contributed by atoms with Crippen molar-refractivity contribution in [1.82, 2.24) is 9.88 Å². The first-order valence-electron chi connectivity index (χ1n) is 5.05. The zero-order valence-corrected chi connectivity index (χ0v) is 9.63. The molecule has 2 atom stereocenters. The van der Waals surface area contributed by atoms with E-state index in [0.717, 1.165) is 0 Å². The summed E-state index contributed by atoms with van der Waals surface area (Å²) in [6, 6.07) is 1.43. The second kappa shape index (κ2) is 4.48. The third-order valence-corrected chi connectivity index (χ3v) is 2.94. The van der Waals surface area contributed by atoms with Crippen molar-refractivity contribution in [2.24, 2.45) is 0 Å². The van der Waals surface area contributed by atoms with Crippen LogP contribution in [-0.2, 0) is 0 Å². The highest BCUT2D eigenvalue weighted by atomic mass is 35.5. The smallest absolute Gasteiger partial charge is 0.257 e. The Morgan fingerprint density at radius 3 is 2.65 bits per heavy atom. The Bertz CT molecular complexity index is 444. The van der Waals surface area contributed by atoms with Crippen LogP contribution in [0.15, 0.2) is 12.3 Å². The van der Waals surface area contributed by atoms with Crippen LogP contribution in [-0.4, -0.2) is 51.3 Å². The van der Waals surface area contributed by atoms with Gasteiger partial charge in [-0.25, -0.2) is 4.98 Å². The van der Waals surface area contributed by atoms with Crippen molar-refractivity contribution in [1.29, 1.82) is 0 Å². The largest absolute Gasteiger partial charge is 0.397 e. The van der Waals surface area contributed by atoms with Gasteiger partial charge in [-0.2, -0.15) is 0 Å². The van der Waals surface area contributed by atoms with Crippen LogP contribution >= 0.6 is 11.6 Å². The summed E-state index contributed by atoms with van der Waals surface area (Å²) in [6.45, 7) is 0.149. The zero-order chi connectivity index (χ0) is 12.6. The van der Waals surface area contributed by atoms with Gasteiger partial charge >= 0.3 is 0 Å². The van der Waals surface area contributed by atoms with E-state index < -0.39 is 18.1 Å². The van der Waals surface area contributed by atoms with Gasteiger partial charge in [0, 0.05) is 13.1 Å². The molecular formula is C10H12ClN3O3. The molecule has 1 saturated heterocycles. The van der Waals surface area contributed by atoms with Gasteiger partial charge in [0.15, 0.2) is 0 Å². The molecule has 0 bridgehead atoms. The summed E-state index contributed by atoms with van der Waals surface area (Å²) >= 11 is 5.80. The van der Waals surface area contributed by atoms with E-state index >= 15 is 0 Å². The number of aliphatic hydroxyl groups is 2. The number of pyridine rings is 1. The number of aliphatic hydroxyl groups excluding tert-OH is 2. The van der Waals surface area contributed by atoms with Crippen LogP contribution < -0.4 is 5.73 Å². The Hall–Kier alpha value is -1.37. The predicted octanol–water partition coefficient (Wildman–Crippen LogP) is -0.505. The van der Waals surface area contributed by atoms with Crippen molar-refractivity contribution in [3.8, 4) is 0 Å². The van der Waals surface area contributed by atoms with Crippen LogP contribution in [0.5, 0.6) is 0 Å². The number of rotatable bonds is 1. The van der Waals surface area contributed by atoms with Gasteiger partial charge in [0.25, 0.3) is 5.91 Å². The number of halogens is 1. The minimum atomic E-state index is -0.924. The van der Waals surface area contributed by atoms with E-state index in [0.29, 0.717) is 5.69 Å². The molecule has 17 heavy (non-hydrogen) atoms. The number of anilines is 1. The SMILES string of the molecule is Nc1cnc(Cl)c(C(=O)N2CC(O)C(O)C2)c1. The quantitative estimate of drug-likeness (QED) is 0.589. The number of amides is 1. The summed E-state index contributed by atoms with van der Waals surface area (Å²) in [6.07, 6.45) is -0.495. The van der Waals surface area contributed by atoms with E-state index in [1.54, 1.807) is 0 Å². The van der Waals surface area contributed by atoms with Crippen LogP contribution in [0.1, 0.15) is 10.4 Å². The molecule has 1 aromatic rings. The molecule has 0 aromatic carbocycles. The maximum atomic E-state index is 12.0. The number of carbonyl (C=O) groups excluding carboxylic acids is 1. The lowest BCUT2D eigenvalue weighted by Crippen LogP contribution is -2.30. The average molecular weight is 258 g/mol. The minimum absolute atomic E-state index is 0.0556. The monoisotopic (exact) mass is 257 g/mol. The summed E-state index contributed by atoms with van der Waals surface area (Å²) in [5, 5.41) is 18.8. The molecule has 2 rings (SSSR count). The van der Waals surface area contributed by atoms with Gasteiger partial charge in [0.1, 0.15) is 5.15 Å². The molecule has 1 aliphatic rings. The zero-order valence-electron chi connectivity index (χ0n) is 8.88. The highest BCUT2D eigenvalue weighted by molar-refractivity contribution is 6.32. The number of carbonyl (C=O) groups is 1. The summed E-state index contributed by atoms with van der Waals surface area (Å²) < 4.78 is 0. The molecule has 0 spiro atoms. The maximum absolute atomic E-state index is 12.0. The highest BCUT2D eigenvalue weighted by Gasteiger charge is 2.33. The van der Waals surface area contributed by atoms with Crippen molar-refractivity contribution < 1.29 is 15.0 Å². The van der Waals surface area contributed by atoms with E-state index in [-0.39, 0.29) is 23.8 Å². The molecule has 2 heterocycles. The van der Waals surface area contributed by atoms with Crippen LogP contribution in [0.25, 0.3) is 0 Å². The van der Waals surface area contributed by atoms with Crippen LogP contribution in [0.2, 0.25) is 5.15 Å². The van der Waals surface area contributed by atoms with Gasteiger partial charge in [-0.3, -0.25) is 4.79 Å². The van der Waals surface area contributed by atoms with E-state index in [1.807, 2.05) is 0 Å². The van der Waals surface area contributed by atoms with Gasteiger partial charge in [-0.1, -0.05) is 11.6 Å². The van der Waals surface area contributed by atoms with E-state index in [4.69, 9.17) is 17.3 Å². The summed E-state index contributed by atoms with van der Waals surface area (Å²) in [5.41, 5.74) is 6.03. The van der Waals surface area contributed by atoms with Gasteiger partial charge < -0.3 is 20.8 Å². The number of nitrogen functional groups attached to an aromatic ring is 1. The van der Waals surface area contributed by atoms with Crippen molar-refractivity contribution >= 4 is 23.2 Å². The van der Waals surface area contributed by atoms with Crippen molar-refractivity contribution in [3.05, 3.63) is 23.0 Å². The number of hydrogen-bond donors (Lipinski definition) is 3. The topological polar surface area (TPSA) is 99.7 Å². The third kappa shape index (κ3) is 2.33. The van der Waals surface area contributed by atoms with Gasteiger partial charge in [-0.05, 0) is 6.07 Å². The lowest BCUT2D eigenvalue weighted by atomic mass is 10.2. The first-order chi connectivity index (χ1) is 7.99. The summed E-state index contributed by atoms with van der Waals surface area (Å²) in [5.74, 6) is -0.398. The Kier molecular flexibility index (Phi) is 3.19. The Morgan fingerprint density at radius 2 is 2.06 bits per heavy atom. The second-order valence-corrected chi connectivity index (χ2v) is 4.31. The Morgan fingerprint density at radius 1 is 1.47 bits per heavy atom. The molecule has 0 saturated carbocycles. The van der Waals surface area contributed by atoms with E-state index in [9.17, 15) is 15.0 Å². The van der Waals surface area contributed by atoms with Gasteiger partial charge in [-0.15, -0.1) is 0 Å². The average Bonchev–Trinajstić information content (AvgIpc) is 2.62. The molecule has 1 aromatic heterocycles. The second-order valence-electron chi connectivity index (χ2n) is 3.95. The molecule has 1 aliphatic heterocycles. The van der Waals surface area contributed by atoms with Gasteiger partial charge in [0.2, 0.25) is 0 Å². The Balaban J connectivity index is 2.23. The number of nitrogens with zero attached hydrogens (tertiary/aromatic N) is 2. The number of aromatic nitrogens is 1.